The molecule has 0 amide bonds. The first kappa shape index (κ1) is 13.8. The quantitative estimate of drug-likeness (QED) is 0.883. The molecule has 100 valence electrons. The molecule has 1 aromatic heterocycles. The van der Waals surface area contributed by atoms with Crippen molar-refractivity contribution < 1.29 is 9.53 Å². The molecule has 0 saturated carbocycles. The Morgan fingerprint density at radius 3 is 2.68 bits per heavy atom. The second-order valence-corrected chi connectivity index (χ2v) is 5.27. The molecule has 2 rings (SSSR count). The maximum atomic E-state index is 11.7. The van der Waals surface area contributed by atoms with Crippen molar-refractivity contribution in [3.05, 3.63) is 55.1 Å². The number of aromatic nitrogens is 1. The molecule has 0 bridgehead atoms. The highest BCUT2D eigenvalue weighted by Crippen LogP contribution is 2.17. The first-order valence-corrected chi connectivity index (χ1v) is 6.93. The van der Waals surface area contributed by atoms with Crippen LogP contribution in [0.4, 0.5) is 0 Å². The Balaban J connectivity index is 2.27. The monoisotopic (exact) mass is 297 g/mol. The number of halogens is 1. The number of hydrogen-bond donors (Lipinski definition) is 1. The van der Waals surface area contributed by atoms with E-state index in [1.807, 2.05) is 12.1 Å². The highest BCUT2D eigenvalue weighted by molar-refractivity contribution is 7.11. The molecule has 0 aliphatic rings. The Bertz CT molecular complexity index is 630. The standard InChI is InChI=1S/C13H12ClNO3S/c1-2-18-12(16)11-10(15-13(17)19-11)7-8-3-5-9(14)6-4-8/h3-6H,2,7H2,1H3,(H,15,17). The van der Waals surface area contributed by atoms with E-state index in [4.69, 9.17) is 16.3 Å². The van der Waals surface area contributed by atoms with Gasteiger partial charge in [0.1, 0.15) is 4.88 Å². The zero-order chi connectivity index (χ0) is 13.8. The lowest BCUT2D eigenvalue weighted by molar-refractivity contribution is 0.0530. The molecule has 0 saturated heterocycles. The summed E-state index contributed by atoms with van der Waals surface area (Å²) in [4.78, 5) is 25.9. The molecule has 2 aromatic rings. The first-order valence-electron chi connectivity index (χ1n) is 5.73. The molecule has 0 spiro atoms. The molecule has 19 heavy (non-hydrogen) atoms. The van der Waals surface area contributed by atoms with E-state index in [1.165, 1.54) is 0 Å². The minimum absolute atomic E-state index is 0.257. The summed E-state index contributed by atoms with van der Waals surface area (Å²) < 4.78 is 4.93. The van der Waals surface area contributed by atoms with Gasteiger partial charge in [-0.25, -0.2) is 4.79 Å². The number of nitrogens with one attached hydrogen (secondary N) is 1. The third-order valence-electron chi connectivity index (χ3n) is 2.48. The van der Waals surface area contributed by atoms with Crippen molar-refractivity contribution in [3.8, 4) is 0 Å². The molecule has 6 heteroatoms. The van der Waals surface area contributed by atoms with Crippen LogP contribution in [0.2, 0.25) is 5.02 Å². The molecule has 0 aliphatic carbocycles. The summed E-state index contributed by atoms with van der Waals surface area (Å²) in [5, 5.41) is 0.646. The van der Waals surface area contributed by atoms with Gasteiger partial charge in [0, 0.05) is 17.1 Å². The van der Waals surface area contributed by atoms with Crippen molar-refractivity contribution in [2.24, 2.45) is 0 Å². The van der Waals surface area contributed by atoms with Gasteiger partial charge in [0.05, 0.1) is 6.61 Å². The average molecular weight is 298 g/mol. The minimum atomic E-state index is -0.463. The van der Waals surface area contributed by atoms with Gasteiger partial charge in [0.2, 0.25) is 0 Å². The van der Waals surface area contributed by atoms with Gasteiger partial charge in [-0.1, -0.05) is 35.1 Å². The smallest absolute Gasteiger partial charge is 0.350 e. The number of aromatic amines is 1. The Morgan fingerprint density at radius 2 is 2.05 bits per heavy atom. The topological polar surface area (TPSA) is 59.2 Å². The molecule has 1 heterocycles. The van der Waals surface area contributed by atoms with Gasteiger partial charge in [-0.3, -0.25) is 4.79 Å². The van der Waals surface area contributed by atoms with Crippen LogP contribution in [0, 0.1) is 0 Å². The Hall–Kier alpha value is -1.59. The second kappa shape index (κ2) is 6.04. The summed E-state index contributed by atoms with van der Waals surface area (Å²) in [7, 11) is 0. The number of benzene rings is 1. The lowest BCUT2D eigenvalue weighted by Gasteiger charge is -2.03. The number of thiazole rings is 1. The van der Waals surface area contributed by atoms with E-state index in [0.29, 0.717) is 22.0 Å². The normalized spacial score (nSPS) is 10.4. The first-order chi connectivity index (χ1) is 9.10. The minimum Gasteiger partial charge on any atom is -0.462 e. The highest BCUT2D eigenvalue weighted by atomic mass is 35.5. The van der Waals surface area contributed by atoms with Crippen LogP contribution in [0.25, 0.3) is 0 Å². The molecular weight excluding hydrogens is 286 g/mol. The summed E-state index contributed by atoms with van der Waals surface area (Å²) in [5.74, 6) is -0.463. The molecule has 1 N–H and O–H groups in total. The van der Waals surface area contributed by atoms with Gasteiger partial charge in [-0.2, -0.15) is 0 Å². The number of carbonyl (C=O) groups excluding carboxylic acids is 1. The summed E-state index contributed by atoms with van der Waals surface area (Å²) in [6.07, 6.45) is 0.462. The lowest BCUT2D eigenvalue weighted by atomic mass is 10.1. The number of carbonyl (C=O) groups is 1. The van der Waals surface area contributed by atoms with Gasteiger partial charge < -0.3 is 9.72 Å². The van der Waals surface area contributed by atoms with Crippen molar-refractivity contribution in [1.82, 2.24) is 4.98 Å². The van der Waals surface area contributed by atoms with Gasteiger partial charge in [0.25, 0.3) is 0 Å². The van der Waals surface area contributed by atoms with Crippen LogP contribution in [-0.4, -0.2) is 17.6 Å². The zero-order valence-electron chi connectivity index (χ0n) is 10.2. The maximum absolute atomic E-state index is 11.7. The van der Waals surface area contributed by atoms with Gasteiger partial charge >= 0.3 is 10.8 Å². The van der Waals surface area contributed by atoms with Crippen molar-refractivity contribution >= 4 is 28.9 Å². The van der Waals surface area contributed by atoms with Crippen LogP contribution in [0.5, 0.6) is 0 Å². The van der Waals surface area contributed by atoms with E-state index < -0.39 is 5.97 Å². The fourth-order valence-corrected chi connectivity index (χ4v) is 2.53. The van der Waals surface area contributed by atoms with Crippen LogP contribution in [-0.2, 0) is 11.2 Å². The van der Waals surface area contributed by atoms with Gasteiger partial charge in [-0.15, -0.1) is 0 Å². The number of esters is 1. The molecule has 0 atom stereocenters. The predicted octanol–water partition coefficient (Wildman–Crippen LogP) is 2.86. The Morgan fingerprint density at radius 1 is 1.37 bits per heavy atom. The second-order valence-electron chi connectivity index (χ2n) is 3.85. The lowest BCUT2D eigenvalue weighted by Crippen LogP contribution is -2.06. The molecular formula is C13H12ClNO3S. The van der Waals surface area contributed by atoms with Gasteiger partial charge in [0.15, 0.2) is 0 Å². The molecule has 4 nitrogen and oxygen atoms in total. The zero-order valence-corrected chi connectivity index (χ0v) is 11.8. The van der Waals surface area contributed by atoms with Gasteiger partial charge in [-0.05, 0) is 24.6 Å². The van der Waals surface area contributed by atoms with E-state index >= 15 is 0 Å². The molecule has 0 fully saturated rings. The third kappa shape index (κ3) is 3.45. The summed E-state index contributed by atoms with van der Waals surface area (Å²) in [5.41, 5.74) is 1.54. The number of hydrogen-bond acceptors (Lipinski definition) is 4. The maximum Gasteiger partial charge on any atom is 0.350 e. The third-order valence-corrected chi connectivity index (χ3v) is 3.63. The van der Waals surface area contributed by atoms with Crippen LogP contribution < -0.4 is 4.87 Å². The fourth-order valence-electron chi connectivity index (χ4n) is 1.65. The van der Waals surface area contributed by atoms with Crippen molar-refractivity contribution in [2.75, 3.05) is 6.61 Å². The summed E-state index contributed by atoms with van der Waals surface area (Å²) in [6, 6.07) is 7.25. The van der Waals surface area contributed by atoms with E-state index in [9.17, 15) is 9.59 Å². The van der Waals surface area contributed by atoms with Crippen LogP contribution in [0.1, 0.15) is 27.9 Å². The van der Waals surface area contributed by atoms with Crippen molar-refractivity contribution in [1.29, 1.82) is 0 Å². The Labute approximate surface area is 119 Å². The number of rotatable bonds is 4. The predicted molar refractivity (Wildman–Crippen MR) is 75.2 cm³/mol. The SMILES string of the molecule is CCOC(=O)c1sc(=O)[nH]c1Cc1ccc(Cl)cc1. The summed E-state index contributed by atoms with van der Waals surface area (Å²) >= 11 is 6.68. The number of H-pyrrole nitrogens is 1. The molecule has 1 aromatic carbocycles. The van der Waals surface area contributed by atoms with E-state index in [1.54, 1.807) is 19.1 Å². The van der Waals surface area contributed by atoms with Crippen LogP contribution in [0.15, 0.2) is 29.1 Å². The Kier molecular flexibility index (Phi) is 4.39. The van der Waals surface area contributed by atoms with Crippen LogP contribution >= 0.6 is 22.9 Å². The van der Waals surface area contributed by atoms with E-state index in [-0.39, 0.29) is 11.5 Å². The molecule has 0 aliphatic heterocycles. The van der Waals surface area contributed by atoms with Crippen molar-refractivity contribution in [3.63, 3.8) is 0 Å². The largest absolute Gasteiger partial charge is 0.462 e. The molecule has 0 radical (unpaired) electrons. The van der Waals surface area contributed by atoms with E-state index in [0.717, 1.165) is 16.9 Å². The fraction of sp³-hybridized carbons (Fsp3) is 0.231. The van der Waals surface area contributed by atoms with E-state index in [2.05, 4.69) is 4.98 Å². The summed E-state index contributed by atoms with van der Waals surface area (Å²) in [6.45, 7) is 2.01. The van der Waals surface area contributed by atoms with Crippen molar-refractivity contribution in [2.45, 2.75) is 13.3 Å². The van der Waals surface area contributed by atoms with Crippen LogP contribution in [0.3, 0.4) is 0 Å². The average Bonchev–Trinajstić information content (AvgIpc) is 2.74. The molecule has 0 unspecified atom stereocenters. The number of ether oxygens (including phenoxy) is 1. The highest BCUT2D eigenvalue weighted by Gasteiger charge is 2.17.